The monoisotopic (exact) mass is 258 g/mol. The van der Waals surface area contributed by atoms with Crippen LogP contribution in [0.25, 0.3) is 0 Å². The highest BCUT2D eigenvalue weighted by Gasteiger charge is 2.26. The zero-order valence-electron chi connectivity index (χ0n) is 10.4. The predicted molar refractivity (Wildman–Crippen MR) is 68.2 cm³/mol. The Hall–Kier alpha value is -2.24. The number of nitrogens with zero attached hydrogens (tertiary/aromatic N) is 3. The Morgan fingerprint density at radius 2 is 2.21 bits per heavy atom. The van der Waals surface area contributed by atoms with E-state index in [2.05, 4.69) is 15.5 Å². The van der Waals surface area contributed by atoms with Crippen molar-refractivity contribution in [1.82, 2.24) is 15.3 Å². The highest BCUT2D eigenvalue weighted by atomic mass is 16.2. The van der Waals surface area contributed by atoms with E-state index in [0.29, 0.717) is 31.6 Å². The van der Waals surface area contributed by atoms with Crippen molar-refractivity contribution in [3.63, 3.8) is 0 Å². The maximum Gasteiger partial charge on any atom is 0.270 e. The Morgan fingerprint density at radius 3 is 3.00 bits per heavy atom. The van der Waals surface area contributed by atoms with Gasteiger partial charge < -0.3 is 4.90 Å². The molecule has 1 aromatic heterocycles. The summed E-state index contributed by atoms with van der Waals surface area (Å²) in [5, 5.41) is 3.85. The fourth-order valence-corrected chi connectivity index (χ4v) is 2.35. The van der Waals surface area contributed by atoms with Gasteiger partial charge in [-0.15, -0.1) is 0 Å². The second-order valence-electron chi connectivity index (χ2n) is 4.68. The van der Waals surface area contributed by atoms with Crippen LogP contribution in [0, 0.1) is 0 Å². The molecule has 2 aliphatic rings. The number of carbonyl (C=O) groups excluding carboxylic acids is 2. The number of pyridine rings is 1. The molecule has 0 bridgehead atoms. The molecule has 3 heterocycles. The molecule has 0 spiro atoms. The third-order valence-electron chi connectivity index (χ3n) is 3.40. The fraction of sp³-hybridized carbons (Fsp3) is 0.385. The standard InChI is InChI=1S/C13H14N4O2/c18-12-4-3-11(15-16-12)13(19)17-7-5-10-9(8-17)2-1-6-14-10/h1-2,6H,3-5,7-8H2,(H,16,18). The number of hydrogen-bond acceptors (Lipinski definition) is 4. The van der Waals surface area contributed by atoms with Gasteiger partial charge in [0.1, 0.15) is 5.71 Å². The summed E-state index contributed by atoms with van der Waals surface area (Å²) in [5.74, 6) is -0.223. The first-order chi connectivity index (χ1) is 9.24. The zero-order valence-corrected chi connectivity index (χ0v) is 10.4. The van der Waals surface area contributed by atoms with Crippen molar-refractivity contribution in [2.75, 3.05) is 6.54 Å². The quantitative estimate of drug-likeness (QED) is 0.783. The largest absolute Gasteiger partial charge is 0.333 e. The number of fused-ring (bicyclic) bond motifs is 1. The van der Waals surface area contributed by atoms with Crippen molar-refractivity contribution in [2.24, 2.45) is 5.10 Å². The normalized spacial score (nSPS) is 18.4. The third kappa shape index (κ3) is 2.33. The molecule has 2 amide bonds. The van der Waals surface area contributed by atoms with E-state index in [-0.39, 0.29) is 11.8 Å². The highest BCUT2D eigenvalue weighted by Crippen LogP contribution is 2.17. The number of hydrazone groups is 1. The van der Waals surface area contributed by atoms with Crippen molar-refractivity contribution < 1.29 is 9.59 Å². The molecular formula is C13H14N4O2. The van der Waals surface area contributed by atoms with Crippen molar-refractivity contribution in [3.05, 3.63) is 29.6 Å². The van der Waals surface area contributed by atoms with Crippen molar-refractivity contribution in [3.8, 4) is 0 Å². The molecule has 0 unspecified atom stereocenters. The van der Waals surface area contributed by atoms with Gasteiger partial charge in [0.05, 0.1) is 0 Å². The molecule has 6 nitrogen and oxygen atoms in total. The Morgan fingerprint density at radius 1 is 1.32 bits per heavy atom. The lowest BCUT2D eigenvalue weighted by Crippen LogP contribution is -2.42. The van der Waals surface area contributed by atoms with Crippen LogP contribution in [0.1, 0.15) is 24.1 Å². The maximum absolute atomic E-state index is 12.3. The van der Waals surface area contributed by atoms with E-state index in [9.17, 15) is 9.59 Å². The van der Waals surface area contributed by atoms with Crippen molar-refractivity contribution in [2.45, 2.75) is 25.8 Å². The van der Waals surface area contributed by atoms with Gasteiger partial charge in [0.15, 0.2) is 0 Å². The number of rotatable bonds is 1. The van der Waals surface area contributed by atoms with Crippen LogP contribution in [0.4, 0.5) is 0 Å². The average Bonchev–Trinajstić information content (AvgIpc) is 2.47. The van der Waals surface area contributed by atoms with Gasteiger partial charge in [-0.3, -0.25) is 14.6 Å². The van der Waals surface area contributed by atoms with Crippen molar-refractivity contribution >= 4 is 17.5 Å². The molecule has 98 valence electrons. The Kier molecular flexibility index (Phi) is 2.98. The molecule has 0 atom stereocenters. The van der Waals surface area contributed by atoms with Crippen LogP contribution in [0.15, 0.2) is 23.4 Å². The number of hydrogen-bond donors (Lipinski definition) is 1. The van der Waals surface area contributed by atoms with Crippen LogP contribution in [0.3, 0.4) is 0 Å². The van der Waals surface area contributed by atoms with Gasteiger partial charge in [-0.1, -0.05) is 6.07 Å². The van der Waals surface area contributed by atoms with Crippen LogP contribution < -0.4 is 5.43 Å². The van der Waals surface area contributed by atoms with Gasteiger partial charge in [-0.05, 0) is 11.6 Å². The number of carbonyl (C=O) groups is 2. The summed E-state index contributed by atoms with van der Waals surface area (Å²) in [5.41, 5.74) is 4.94. The lowest BCUT2D eigenvalue weighted by Gasteiger charge is -2.29. The second-order valence-corrected chi connectivity index (χ2v) is 4.68. The van der Waals surface area contributed by atoms with Crippen molar-refractivity contribution in [1.29, 1.82) is 0 Å². The molecule has 6 heteroatoms. The van der Waals surface area contributed by atoms with Gasteiger partial charge >= 0.3 is 0 Å². The summed E-state index contributed by atoms with van der Waals surface area (Å²) in [6.45, 7) is 1.21. The summed E-state index contributed by atoms with van der Waals surface area (Å²) in [7, 11) is 0. The first kappa shape index (κ1) is 11.8. The molecule has 0 saturated heterocycles. The van der Waals surface area contributed by atoms with Gasteiger partial charge in [0.25, 0.3) is 5.91 Å². The first-order valence-electron chi connectivity index (χ1n) is 6.31. The van der Waals surface area contributed by atoms with E-state index in [1.165, 1.54) is 0 Å². The smallest absolute Gasteiger partial charge is 0.270 e. The minimum absolute atomic E-state index is 0.0884. The topological polar surface area (TPSA) is 74.7 Å². The number of amides is 2. The molecular weight excluding hydrogens is 244 g/mol. The van der Waals surface area contributed by atoms with Gasteiger partial charge in [0, 0.05) is 44.2 Å². The molecule has 0 saturated carbocycles. The molecule has 19 heavy (non-hydrogen) atoms. The maximum atomic E-state index is 12.3. The molecule has 1 N–H and O–H groups in total. The predicted octanol–water partition coefficient (Wildman–Crippen LogP) is 0.232. The van der Waals surface area contributed by atoms with Crippen LogP contribution in [0.2, 0.25) is 0 Å². The van der Waals surface area contributed by atoms with Crippen LogP contribution in [-0.4, -0.2) is 34.0 Å². The summed E-state index contributed by atoms with van der Waals surface area (Å²) in [6.07, 6.45) is 3.29. The molecule has 0 radical (unpaired) electrons. The average molecular weight is 258 g/mol. The number of nitrogens with one attached hydrogen (secondary N) is 1. The molecule has 3 rings (SSSR count). The second kappa shape index (κ2) is 4.79. The van der Waals surface area contributed by atoms with Crippen LogP contribution in [-0.2, 0) is 22.6 Å². The van der Waals surface area contributed by atoms with E-state index >= 15 is 0 Å². The van der Waals surface area contributed by atoms with E-state index in [4.69, 9.17) is 0 Å². The summed E-state index contributed by atoms with van der Waals surface area (Å²) in [4.78, 5) is 29.4. The Bertz CT molecular complexity index is 568. The minimum Gasteiger partial charge on any atom is -0.333 e. The molecule has 1 aromatic rings. The fourth-order valence-electron chi connectivity index (χ4n) is 2.35. The summed E-state index contributed by atoms with van der Waals surface area (Å²) in [6, 6.07) is 3.87. The molecule has 0 aromatic carbocycles. The SMILES string of the molecule is O=C1CCC(C(=O)N2CCc3ncccc3C2)=NN1. The Labute approximate surface area is 110 Å². The lowest BCUT2D eigenvalue weighted by molar-refractivity contribution is -0.125. The summed E-state index contributed by atoms with van der Waals surface area (Å²) >= 11 is 0. The zero-order chi connectivity index (χ0) is 13.2. The van der Waals surface area contributed by atoms with Gasteiger partial charge in [-0.2, -0.15) is 5.10 Å². The van der Waals surface area contributed by atoms with Gasteiger partial charge in [0.2, 0.25) is 5.91 Å². The number of aromatic nitrogens is 1. The van der Waals surface area contributed by atoms with E-state index < -0.39 is 0 Å². The van der Waals surface area contributed by atoms with E-state index in [1.54, 1.807) is 11.1 Å². The minimum atomic E-state index is -0.135. The summed E-state index contributed by atoms with van der Waals surface area (Å²) < 4.78 is 0. The molecule has 0 aliphatic carbocycles. The van der Waals surface area contributed by atoms with E-state index in [1.807, 2.05) is 12.1 Å². The molecule has 2 aliphatic heterocycles. The van der Waals surface area contributed by atoms with Crippen LogP contribution in [0.5, 0.6) is 0 Å². The van der Waals surface area contributed by atoms with Crippen LogP contribution >= 0.6 is 0 Å². The molecule has 0 fully saturated rings. The van der Waals surface area contributed by atoms with E-state index in [0.717, 1.165) is 17.7 Å². The highest BCUT2D eigenvalue weighted by molar-refractivity contribution is 6.39. The first-order valence-corrected chi connectivity index (χ1v) is 6.31. The Balaban J connectivity index is 1.74. The lowest BCUT2D eigenvalue weighted by atomic mass is 10.0. The van der Waals surface area contributed by atoms with Gasteiger partial charge in [-0.25, -0.2) is 5.43 Å². The third-order valence-corrected chi connectivity index (χ3v) is 3.40.